The van der Waals surface area contributed by atoms with Gasteiger partial charge in [0.15, 0.2) is 0 Å². The van der Waals surface area contributed by atoms with Gasteiger partial charge in [0, 0.05) is 12.6 Å². The fourth-order valence-corrected chi connectivity index (χ4v) is 2.78. The zero-order valence-corrected chi connectivity index (χ0v) is 10.8. The molecule has 2 aliphatic rings. The van der Waals surface area contributed by atoms with E-state index in [9.17, 15) is 5.11 Å². The van der Waals surface area contributed by atoms with Crippen molar-refractivity contribution >= 4 is 0 Å². The quantitative estimate of drug-likeness (QED) is 0.754. The normalized spacial score (nSPS) is 37.3. The van der Waals surface area contributed by atoms with Gasteiger partial charge in [-0.05, 0) is 50.9 Å². The van der Waals surface area contributed by atoms with Gasteiger partial charge in [0.1, 0.15) is 0 Å². The lowest BCUT2D eigenvalue weighted by Crippen LogP contribution is -2.45. The zero-order valence-electron chi connectivity index (χ0n) is 10.8. The van der Waals surface area contributed by atoms with Crippen LogP contribution in [-0.2, 0) is 0 Å². The Balaban J connectivity index is 1.67. The number of aliphatic hydroxyl groups is 1. The smallest absolute Gasteiger partial charge is 0.0771 e. The monoisotopic (exact) mass is 225 g/mol. The van der Waals surface area contributed by atoms with Crippen LogP contribution in [-0.4, -0.2) is 23.3 Å². The average Bonchev–Trinajstić information content (AvgIpc) is 3.04. The fourth-order valence-electron chi connectivity index (χ4n) is 2.78. The van der Waals surface area contributed by atoms with Crippen LogP contribution in [0.15, 0.2) is 0 Å². The topological polar surface area (TPSA) is 32.3 Å². The zero-order chi connectivity index (χ0) is 11.6. The van der Waals surface area contributed by atoms with E-state index in [1.54, 1.807) is 0 Å². The largest absolute Gasteiger partial charge is 0.389 e. The Hall–Kier alpha value is -0.0800. The molecule has 2 heteroatoms. The maximum atomic E-state index is 10.4. The molecular formula is C14H27NO. The summed E-state index contributed by atoms with van der Waals surface area (Å²) < 4.78 is 0. The van der Waals surface area contributed by atoms with E-state index >= 15 is 0 Å². The summed E-state index contributed by atoms with van der Waals surface area (Å²) in [5, 5.41) is 14.0. The standard InChI is InChI=1S/C14H27NO/c1-11-5-7-14(16,8-6-11)10-15-12(2)9-13-3-4-13/h11-13,15-16H,3-10H2,1-2H3. The summed E-state index contributed by atoms with van der Waals surface area (Å²) in [7, 11) is 0. The number of hydrogen-bond acceptors (Lipinski definition) is 2. The van der Waals surface area contributed by atoms with Crippen LogP contribution in [0.4, 0.5) is 0 Å². The van der Waals surface area contributed by atoms with Crippen LogP contribution in [0.1, 0.15) is 58.8 Å². The Morgan fingerprint density at radius 3 is 2.44 bits per heavy atom. The molecule has 0 saturated heterocycles. The minimum absolute atomic E-state index is 0.412. The summed E-state index contributed by atoms with van der Waals surface area (Å²) in [6.07, 6.45) is 8.49. The van der Waals surface area contributed by atoms with Crippen molar-refractivity contribution in [3.05, 3.63) is 0 Å². The highest BCUT2D eigenvalue weighted by Crippen LogP contribution is 2.34. The second kappa shape index (κ2) is 5.05. The highest BCUT2D eigenvalue weighted by Gasteiger charge is 2.32. The van der Waals surface area contributed by atoms with Crippen LogP contribution in [0.2, 0.25) is 0 Å². The van der Waals surface area contributed by atoms with Crippen LogP contribution >= 0.6 is 0 Å². The van der Waals surface area contributed by atoms with Gasteiger partial charge in [0.2, 0.25) is 0 Å². The Kier molecular flexibility index (Phi) is 3.91. The molecule has 0 radical (unpaired) electrons. The highest BCUT2D eigenvalue weighted by atomic mass is 16.3. The van der Waals surface area contributed by atoms with E-state index in [2.05, 4.69) is 19.2 Å². The minimum atomic E-state index is -0.412. The first kappa shape index (κ1) is 12.4. The number of rotatable bonds is 5. The van der Waals surface area contributed by atoms with Crippen LogP contribution in [0.5, 0.6) is 0 Å². The lowest BCUT2D eigenvalue weighted by Gasteiger charge is -2.36. The van der Waals surface area contributed by atoms with Gasteiger partial charge >= 0.3 is 0 Å². The molecule has 2 aliphatic carbocycles. The van der Waals surface area contributed by atoms with Crippen molar-refractivity contribution in [2.24, 2.45) is 11.8 Å². The molecule has 2 rings (SSSR count). The first-order valence-corrected chi connectivity index (χ1v) is 7.03. The molecular weight excluding hydrogens is 198 g/mol. The number of nitrogens with one attached hydrogen (secondary N) is 1. The Morgan fingerprint density at radius 2 is 1.88 bits per heavy atom. The van der Waals surface area contributed by atoms with E-state index < -0.39 is 5.60 Å². The minimum Gasteiger partial charge on any atom is -0.389 e. The molecule has 0 bridgehead atoms. The van der Waals surface area contributed by atoms with E-state index in [1.807, 2.05) is 0 Å². The molecule has 1 atom stereocenters. The van der Waals surface area contributed by atoms with Crippen LogP contribution < -0.4 is 5.32 Å². The van der Waals surface area contributed by atoms with Crippen LogP contribution in [0, 0.1) is 11.8 Å². The predicted molar refractivity (Wildman–Crippen MR) is 67.4 cm³/mol. The van der Waals surface area contributed by atoms with Crippen molar-refractivity contribution in [3.63, 3.8) is 0 Å². The highest BCUT2D eigenvalue weighted by molar-refractivity contribution is 4.88. The van der Waals surface area contributed by atoms with Gasteiger partial charge in [0.25, 0.3) is 0 Å². The van der Waals surface area contributed by atoms with Crippen LogP contribution in [0.3, 0.4) is 0 Å². The van der Waals surface area contributed by atoms with E-state index in [4.69, 9.17) is 0 Å². The van der Waals surface area contributed by atoms with Crippen molar-refractivity contribution in [1.82, 2.24) is 5.32 Å². The molecule has 16 heavy (non-hydrogen) atoms. The van der Waals surface area contributed by atoms with Gasteiger partial charge < -0.3 is 10.4 Å². The summed E-state index contributed by atoms with van der Waals surface area (Å²) >= 11 is 0. The third kappa shape index (κ3) is 3.74. The molecule has 0 heterocycles. The third-order valence-electron chi connectivity index (χ3n) is 4.37. The Morgan fingerprint density at radius 1 is 1.25 bits per heavy atom. The van der Waals surface area contributed by atoms with Gasteiger partial charge in [-0.3, -0.25) is 0 Å². The Labute approximate surface area is 99.8 Å². The molecule has 0 aliphatic heterocycles. The van der Waals surface area contributed by atoms with E-state index in [1.165, 1.54) is 32.1 Å². The SMILES string of the molecule is CC1CCC(O)(CNC(C)CC2CC2)CC1. The van der Waals surface area contributed by atoms with E-state index in [-0.39, 0.29) is 0 Å². The maximum Gasteiger partial charge on any atom is 0.0771 e. The fraction of sp³-hybridized carbons (Fsp3) is 1.00. The van der Waals surface area contributed by atoms with Crippen molar-refractivity contribution in [2.75, 3.05) is 6.54 Å². The maximum absolute atomic E-state index is 10.4. The van der Waals surface area contributed by atoms with Crippen molar-refractivity contribution < 1.29 is 5.11 Å². The van der Waals surface area contributed by atoms with Gasteiger partial charge in [-0.2, -0.15) is 0 Å². The van der Waals surface area contributed by atoms with Crippen molar-refractivity contribution in [3.8, 4) is 0 Å². The van der Waals surface area contributed by atoms with E-state index in [0.29, 0.717) is 6.04 Å². The first-order valence-electron chi connectivity index (χ1n) is 7.03. The lowest BCUT2D eigenvalue weighted by molar-refractivity contribution is -0.00806. The summed E-state index contributed by atoms with van der Waals surface area (Å²) in [6.45, 7) is 5.35. The molecule has 0 aromatic carbocycles. The third-order valence-corrected chi connectivity index (χ3v) is 4.37. The molecule has 2 N–H and O–H groups in total. The predicted octanol–water partition coefficient (Wildman–Crippen LogP) is 2.71. The van der Waals surface area contributed by atoms with Gasteiger partial charge in [0.05, 0.1) is 5.60 Å². The summed E-state index contributed by atoms with van der Waals surface area (Å²) in [6, 6.07) is 0.580. The second-order valence-corrected chi connectivity index (χ2v) is 6.37. The molecule has 2 nitrogen and oxygen atoms in total. The van der Waals surface area contributed by atoms with Gasteiger partial charge in [-0.25, -0.2) is 0 Å². The summed E-state index contributed by atoms with van der Waals surface area (Å²) in [5.74, 6) is 1.78. The molecule has 94 valence electrons. The first-order chi connectivity index (χ1) is 7.57. The van der Waals surface area contributed by atoms with Crippen LogP contribution in [0.25, 0.3) is 0 Å². The lowest BCUT2D eigenvalue weighted by atomic mass is 9.79. The molecule has 0 spiro atoms. The summed E-state index contributed by atoms with van der Waals surface area (Å²) in [5.41, 5.74) is -0.412. The molecule has 0 amide bonds. The molecule has 2 fully saturated rings. The summed E-state index contributed by atoms with van der Waals surface area (Å²) in [4.78, 5) is 0. The number of hydrogen-bond donors (Lipinski definition) is 2. The van der Waals surface area contributed by atoms with E-state index in [0.717, 1.165) is 31.2 Å². The molecule has 0 aromatic heterocycles. The Bertz CT molecular complexity index is 217. The molecule has 0 aromatic rings. The van der Waals surface area contributed by atoms with Gasteiger partial charge in [-0.15, -0.1) is 0 Å². The molecule has 2 saturated carbocycles. The molecule has 1 unspecified atom stereocenters. The van der Waals surface area contributed by atoms with Crippen molar-refractivity contribution in [1.29, 1.82) is 0 Å². The second-order valence-electron chi connectivity index (χ2n) is 6.37. The van der Waals surface area contributed by atoms with Crippen molar-refractivity contribution in [2.45, 2.75) is 70.4 Å². The van der Waals surface area contributed by atoms with Gasteiger partial charge in [-0.1, -0.05) is 19.8 Å². The average molecular weight is 225 g/mol.